The molecule has 0 unspecified atom stereocenters. The van der Waals surface area contributed by atoms with Gasteiger partial charge in [0, 0.05) is 34.8 Å². The Morgan fingerprint density at radius 1 is 1.14 bits per heavy atom. The Balaban J connectivity index is 1.51. The van der Waals surface area contributed by atoms with E-state index in [0.717, 1.165) is 47.7 Å². The van der Waals surface area contributed by atoms with Crippen LogP contribution >= 0.6 is 11.3 Å². The van der Waals surface area contributed by atoms with Gasteiger partial charge in [0.1, 0.15) is 0 Å². The quantitative estimate of drug-likeness (QED) is 0.507. The number of aromatic nitrogens is 1. The number of nitrogens with one attached hydrogen (secondary N) is 1. The van der Waals surface area contributed by atoms with Gasteiger partial charge in [0.05, 0.1) is 18.2 Å². The maximum absolute atomic E-state index is 13.0. The molecular formula is C26H26F3N3O3S. The summed E-state index contributed by atoms with van der Waals surface area (Å²) in [6.07, 6.45) is -2.52. The van der Waals surface area contributed by atoms with Gasteiger partial charge in [0.15, 0.2) is 4.80 Å². The predicted molar refractivity (Wildman–Crippen MR) is 130 cm³/mol. The zero-order chi connectivity index (χ0) is 25.9. The van der Waals surface area contributed by atoms with Crippen molar-refractivity contribution in [2.75, 3.05) is 13.2 Å². The molecule has 2 heterocycles. The number of carbonyl (C=O) groups is 2. The lowest BCUT2D eigenvalue weighted by atomic mass is 10.1. The van der Waals surface area contributed by atoms with Crippen LogP contribution in [0.2, 0.25) is 0 Å². The number of ether oxygens (including phenoxy) is 1. The van der Waals surface area contributed by atoms with E-state index in [9.17, 15) is 22.8 Å². The summed E-state index contributed by atoms with van der Waals surface area (Å²) in [4.78, 5) is 30.6. The fourth-order valence-electron chi connectivity index (χ4n) is 3.91. The van der Waals surface area contributed by atoms with Crippen LogP contribution in [0.25, 0.3) is 0 Å². The zero-order valence-corrected chi connectivity index (χ0v) is 20.7. The Labute approximate surface area is 210 Å². The standard InChI is InChI=1S/C26H26F3N3O3S/c1-16-17(2)36-25(31-24(34)20-5-3-6-21(13-20)26(27,28)29)32(16)15-18-8-10-19(11-9-18)23(33)30-14-22-7-4-12-35-22/h3,5-6,8-11,13,22H,4,7,12,14-15H2,1-2H3,(H,30,33)/t22-/m1/s1. The van der Waals surface area contributed by atoms with Gasteiger partial charge in [-0.3, -0.25) is 9.59 Å². The van der Waals surface area contributed by atoms with Crippen molar-refractivity contribution in [3.8, 4) is 0 Å². The Bertz CT molecular complexity index is 1320. The van der Waals surface area contributed by atoms with Crippen molar-refractivity contribution < 1.29 is 27.5 Å². The highest BCUT2D eigenvalue weighted by atomic mass is 32.1. The van der Waals surface area contributed by atoms with E-state index in [0.29, 0.717) is 23.5 Å². The first-order valence-electron chi connectivity index (χ1n) is 11.5. The molecule has 1 aliphatic rings. The van der Waals surface area contributed by atoms with Gasteiger partial charge >= 0.3 is 6.18 Å². The molecule has 0 spiro atoms. The van der Waals surface area contributed by atoms with Crippen LogP contribution < -0.4 is 10.1 Å². The molecule has 1 N–H and O–H groups in total. The minimum Gasteiger partial charge on any atom is -0.376 e. The summed E-state index contributed by atoms with van der Waals surface area (Å²) in [6, 6.07) is 11.4. The van der Waals surface area contributed by atoms with Crippen molar-refractivity contribution in [3.63, 3.8) is 0 Å². The van der Waals surface area contributed by atoms with Crippen molar-refractivity contribution in [1.82, 2.24) is 9.88 Å². The average molecular weight is 518 g/mol. The van der Waals surface area contributed by atoms with Gasteiger partial charge in [0.25, 0.3) is 11.8 Å². The lowest BCUT2D eigenvalue weighted by Gasteiger charge is -2.11. The SMILES string of the molecule is Cc1sc(=NC(=O)c2cccc(C(F)(F)F)c2)n(Cc2ccc(C(=O)NC[C@H]3CCCO3)cc2)c1C. The first-order valence-corrected chi connectivity index (χ1v) is 12.4. The lowest BCUT2D eigenvalue weighted by molar-refractivity contribution is -0.137. The molecule has 2 aromatic carbocycles. The maximum atomic E-state index is 13.0. The number of hydrogen-bond donors (Lipinski definition) is 1. The Kier molecular flexibility index (Phi) is 7.75. The molecule has 0 radical (unpaired) electrons. The molecule has 0 aliphatic carbocycles. The number of halogens is 3. The third-order valence-electron chi connectivity index (χ3n) is 6.09. The maximum Gasteiger partial charge on any atom is 0.416 e. The largest absolute Gasteiger partial charge is 0.416 e. The first kappa shape index (κ1) is 25.8. The predicted octanol–water partition coefficient (Wildman–Crippen LogP) is 4.88. The summed E-state index contributed by atoms with van der Waals surface area (Å²) in [6.45, 7) is 5.39. The molecule has 2 amide bonds. The second-order valence-corrected chi connectivity index (χ2v) is 9.83. The zero-order valence-electron chi connectivity index (χ0n) is 19.9. The van der Waals surface area contributed by atoms with Gasteiger partial charge < -0.3 is 14.6 Å². The number of carbonyl (C=O) groups excluding carboxylic acids is 2. The van der Waals surface area contributed by atoms with E-state index in [4.69, 9.17) is 4.74 Å². The van der Waals surface area contributed by atoms with Crippen LogP contribution in [0.3, 0.4) is 0 Å². The summed E-state index contributed by atoms with van der Waals surface area (Å²) in [5, 5.41) is 2.89. The van der Waals surface area contributed by atoms with Crippen LogP contribution in [-0.2, 0) is 17.5 Å². The fourth-order valence-corrected chi connectivity index (χ4v) is 4.88. The molecule has 1 fully saturated rings. The molecule has 4 rings (SSSR count). The molecule has 1 atom stereocenters. The molecule has 6 nitrogen and oxygen atoms in total. The molecule has 36 heavy (non-hydrogen) atoms. The van der Waals surface area contributed by atoms with Gasteiger partial charge in [-0.05, 0) is 62.6 Å². The van der Waals surface area contributed by atoms with E-state index >= 15 is 0 Å². The van der Waals surface area contributed by atoms with Crippen LogP contribution in [0.1, 0.15) is 55.3 Å². The number of alkyl halides is 3. The van der Waals surface area contributed by atoms with Crippen LogP contribution in [0.4, 0.5) is 13.2 Å². The summed E-state index contributed by atoms with van der Waals surface area (Å²) < 4.78 is 46.5. The van der Waals surface area contributed by atoms with Crippen LogP contribution in [-0.4, -0.2) is 35.6 Å². The summed E-state index contributed by atoms with van der Waals surface area (Å²) >= 11 is 1.30. The molecule has 1 aliphatic heterocycles. The van der Waals surface area contributed by atoms with E-state index in [1.165, 1.54) is 23.5 Å². The molecule has 0 saturated carbocycles. The summed E-state index contributed by atoms with van der Waals surface area (Å²) in [5.74, 6) is -0.913. The highest BCUT2D eigenvalue weighted by molar-refractivity contribution is 7.09. The van der Waals surface area contributed by atoms with Gasteiger partial charge in [-0.1, -0.05) is 18.2 Å². The Morgan fingerprint density at radius 3 is 2.56 bits per heavy atom. The number of nitrogens with zero attached hydrogens (tertiary/aromatic N) is 2. The van der Waals surface area contributed by atoms with E-state index in [-0.39, 0.29) is 17.6 Å². The highest BCUT2D eigenvalue weighted by Crippen LogP contribution is 2.29. The minimum absolute atomic E-state index is 0.0650. The Hall–Kier alpha value is -3.24. The third-order valence-corrected chi connectivity index (χ3v) is 7.19. The van der Waals surface area contributed by atoms with E-state index in [2.05, 4.69) is 10.3 Å². The van der Waals surface area contributed by atoms with Gasteiger partial charge in [0.2, 0.25) is 0 Å². The van der Waals surface area contributed by atoms with E-state index in [1.807, 2.05) is 30.5 Å². The monoisotopic (exact) mass is 517 g/mol. The normalized spacial score (nSPS) is 16.4. The number of benzene rings is 2. The van der Waals surface area contributed by atoms with Gasteiger partial charge in [-0.25, -0.2) is 0 Å². The number of thiazole rings is 1. The second kappa shape index (κ2) is 10.8. The van der Waals surface area contributed by atoms with E-state index < -0.39 is 17.6 Å². The summed E-state index contributed by atoms with van der Waals surface area (Å²) in [7, 11) is 0. The molecule has 1 saturated heterocycles. The molecule has 3 aromatic rings. The van der Waals surface area contributed by atoms with Crippen LogP contribution in [0, 0.1) is 13.8 Å². The lowest BCUT2D eigenvalue weighted by Crippen LogP contribution is -2.31. The van der Waals surface area contributed by atoms with Crippen molar-refractivity contribution >= 4 is 23.2 Å². The second-order valence-electron chi connectivity index (χ2n) is 8.65. The van der Waals surface area contributed by atoms with Crippen LogP contribution in [0.15, 0.2) is 53.5 Å². The van der Waals surface area contributed by atoms with Crippen molar-refractivity contribution in [2.45, 2.75) is 45.5 Å². The summed E-state index contributed by atoms with van der Waals surface area (Å²) in [5.41, 5.74) is 1.30. The van der Waals surface area contributed by atoms with Gasteiger partial charge in [-0.2, -0.15) is 18.2 Å². The minimum atomic E-state index is -4.54. The molecule has 190 valence electrons. The molecule has 0 bridgehead atoms. The number of aryl methyl sites for hydroxylation is 1. The smallest absolute Gasteiger partial charge is 0.376 e. The number of amides is 2. The number of rotatable bonds is 6. The van der Waals surface area contributed by atoms with E-state index in [1.54, 1.807) is 12.1 Å². The number of hydrogen-bond acceptors (Lipinski definition) is 4. The Morgan fingerprint density at radius 2 is 1.89 bits per heavy atom. The molecule has 10 heteroatoms. The average Bonchev–Trinajstić information content (AvgIpc) is 3.47. The fraction of sp³-hybridized carbons (Fsp3) is 0.346. The third kappa shape index (κ3) is 6.11. The van der Waals surface area contributed by atoms with Crippen molar-refractivity contribution in [1.29, 1.82) is 0 Å². The first-order chi connectivity index (χ1) is 17.1. The van der Waals surface area contributed by atoms with Gasteiger partial charge in [-0.15, -0.1) is 11.3 Å². The van der Waals surface area contributed by atoms with Crippen molar-refractivity contribution in [2.24, 2.45) is 4.99 Å². The highest BCUT2D eigenvalue weighted by Gasteiger charge is 2.31. The molecule has 1 aromatic heterocycles. The van der Waals surface area contributed by atoms with Crippen molar-refractivity contribution in [3.05, 3.63) is 86.2 Å². The van der Waals surface area contributed by atoms with Crippen LogP contribution in [0.5, 0.6) is 0 Å². The topological polar surface area (TPSA) is 72.7 Å². The molecular weight excluding hydrogens is 491 g/mol.